The number of piperidine rings is 1. The minimum absolute atomic E-state index is 0.290. The van der Waals surface area contributed by atoms with Gasteiger partial charge >= 0.3 is 0 Å². The minimum atomic E-state index is 0.290. The van der Waals surface area contributed by atoms with Crippen molar-refractivity contribution in [1.82, 2.24) is 4.90 Å². The fourth-order valence-corrected chi connectivity index (χ4v) is 5.72. The van der Waals surface area contributed by atoms with Gasteiger partial charge in [0, 0.05) is 42.0 Å². The molecule has 1 amide bonds. The normalized spacial score (nSPS) is 19.5. The van der Waals surface area contributed by atoms with Crippen molar-refractivity contribution in [2.45, 2.75) is 38.0 Å². The molecule has 1 unspecified atom stereocenters. The van der Waals surface area contributed by atoms with E-state index in [-0.39, 0.29) is 0 Å². The first-order valence-electron chi connectivity index (χ1n) is 11.0. The lowest BCUT2D eigenvalue weighted by Crippen LogP contribution is -2.43. The highest BCUT2D eigenvalue weighted by molar-refractivity contribution is 8.03. The monoisotopic (exact) mass is 452 g/mol. The number of amides is 1. The van der Waals surface area contributed by atoms with Crippen LogP contribution in [0.5, 0.6) is 0 Å². The molecule has 3 nitrogen and oxygen atoms in total. The van der Waals surface area contributed by atoms with Crippen molar-refractivity contribution >= 4 is 35.0 Å². The summed E-state index contributed by atoms with van der Waals surface area (Å²) in [5.74, 6) is 0.844. The van der Waals surface area contributed by atoms with Crippen LogP contribution in [0.25, 0.3) is 11.1 Å². The maximum Gasteiger partial charge on any atom is 0.222 e. The molecule has 4 rings (SSSR count). The van der Waals surface area contributed by atoms with Gasteiger partial charge in [0.1, 0.15) is 0 Å². The smallest absolute Gasteiger partial charge is 0.222 e. The van der Waals surface area contributed by atoms with E-state index in [1.807, 2.05) is 36.9 Å². The molecule has 2 aliphatic rings. The molecule has 0 spiro atoms. The minimum Gasteiger partial charge on any atom is -0.343 e. The quantitative estimate of drug-likeness (QED) is 0.443. The summed E-state index contributed by atoms with van der Waals surface area (Å²) in [5, 5.41) is 3.33. The molecule has 2 aliphatic heterocycles. The van der Waals surface area contributed by atoms with Crippen LogP contribution in [-0.4, -0.2) is 29.3 Å². The lowest BCUT2D eigenvalue weighted by Gasteiger charge is -2.38. The van der Waals surface area contributed by atoms with E-state index < -0.39 is 0 Å². The first-order chi connectivity index (χ1) is 15.2. The summed E-state index contributed by atoms with van der Waals surface area (Å²) in [6.45, 7) is 3.73. The fourth-order valence-electron chi connectivity index (χ4n) is 4.43. The van der Waals surface area contributed by atoms with Crippen molar-refractivity contribution in [3.05, 3.63) is 77.3 Å². The van der Waals surface area contributed by atoms with E-state index in [0.29, 0.717) is 23.6 Å². The molecule has 2 heterocycles. The number of nitrogens with zero attached hydrogens (tertiary/aromatic N) is 2. The SMILES string of the molecule is CC=CCCC(=O)N1CCC(C2SC=CN2c2ccccc2-c2ccc(Cl)cc2)CC1. The van der Waals surface area contributed by atoms with Gasteiger partial charge in [0.05, 0.1) is 5.37 Å². The second-order valence-corrected chi connectivity index (χ2v) is 9.53. The molecule has 2 aromatic rings. The van der Waals surface area contributed by atoms with Crippen LogP contribution in [-0.2, 0) is 4.79 Å². The number of anilines is 1. The Morgan fingerprint density at radius 3 is 2.61 bits per heavy atom. The molecule has 0 radical (unpaired) electrons. The van der Waals surface area contributed by atoms with Crippen LogP contribution >= 0.6 is 23.4 Å². The van der Waals surface area contributed by atoms with E-state index in [1.165, 1.54) is 16.8 Å². The zero-order valence-electron chi connectivity index (χ0n) is 17.9. The number of thioether (sulfide) groups is 1. The van der Waals surface area contributed by atoms with E-state index in [4.69, 9.17) is 11.6 Å². The van der Waals surface area contributed by atoms with Crippen molar-refractivity contribution in [2.75, 3.05) is 18.0 Å². The molecule has 5 heteroatoms. The Kier molecular flexibility index (Phi) is 7.41. The van der Waals surface area contributed by atoms with Crippen LogP contribution in [0.3, 0.4) is 0 Å². The number of rotatable bonds is 6. The molecule has 2 aromatic carbocycles. The van der Waals surface area contributed by atoms with E-state index >= 15 is 0 Å². The molecule has 162 valence electrons. The van der Waals surface area contributed by atoms with E-state index in [0.717, 1.165) is 37.4 Å². The van der Waals surface area contributed by atoms with Gasteiger partial charge in [-0.25, -0.2) is 0 Å². The first-order valence-corrected chi connectivity index (χ1v) is 12.3. The molecule has 0 aliphatic carbocycles. The van der Waals surface area contributed by atoms with Gasteiger partial charge in [-0.1, -0.05) is 54.1 Å². The molecule has 31 heavy (non-hydrogen) atoms. The van der Waals surface area contributed by atoms with Gasteiger partial charge in [-0.2, -0.15) is 0 Å². The van der Waals surface area contributed by atoms with Gasteiger partial charge in [-0.05, 0) is 61.3 Å². The van der Waals surface area contributed by atoms with Crippen LogP contribution in [0.2, 0.25) is 5.02 Å². The molecular weight excluding hydrogens is 424 g/mol. The average Bonchev–Trinajstić information content (AvgIpc) is 3.30. The third-order valence-electron chi connectivity index (χ3n) is 6.11. The Morgan fingerprint density at radius 2 is 1.87 bits per heavy atom. The van der Waals surface area contributed by atoms with E-state index in [9.17, 15) is 4.79 Å². The number of halogens is 1. The standard InChI is InChI=1S/C26H29ClN2OS/c1-2-3-4-9-25(30)28-16-14-21(15-17-28)26-29(18-19-31-26)24-8-6-5-7-23(24)20-10-12-22(27)13-11-20/h2-3,5-8,10-13,18-19,21,26H,4,9,14-17H2,1H3. The van der Waals surface area contributed by atoms with Crippen molar-refractivity contribution < 1.29 is 4.79 Å². The Labute approximate surface area is 194 Å². The number of hydrogen-bond acceptors (Lipinski definition) is 3. The van der Waals surface area contributed by atoms with Crippen molar-refractivity contribution in [3.63, 3.8) is 0 Å². The summed E-state index contributed by atoms with van der Waals surface area (Å²) in [7, 11) is 0. The maximum absolute atomic E-state index is 12.5. The molecule has 1 fully saturated rings. The zero-order chi connectivity index (χ0) is 21.6. The van der Waals surface area contributed by atoms with Gasteiger partial charge in [0.25, 0.3) is 0 Å². The van der Waals surface area contributed by atoms with Crippen LogP contribution < -0.4 is 4.90 Å². The molecule has 1 atom stereocenters. The summed E-state index contributed by atoms with van der Waals surface area (Å²) < 4.78 is 0. The molecule has 0 N–H and O–H groups in total. The number of likely N-dealkylation sites (tertiary alicyclic amines) is 1. The average molecular weight is 453 g/mol. The first kappa shape index (κ1) is 22.0. The Balaban J connectivity index is 1.46. The van der Waals surface area contributed by atoms with Gasteiger partial charge in [-0.3, -0.25) is 4.79 Å². The third kappa shape index (κ3) is 5.19. The summed E-state index contributed by atoms with van der Waals surface area (Å²) >= 11 is 8.00. The highest BCUT2D eigenvalue weighted by atomic mass is 35.5. The molecular formula is C26H29ClN2OS. The van der Waals surface area contributed by atoms with Crippen LogP contribution in [0.4, 0.5) is 5.69 Å². The predicted octanol–water partition coefficient (Wildman–Crippen LogP) is 6.95. The second-order valence-electron chi connectivity index (χ2n) is 8.07. The van der Waals surface area contributed by atoms with Gasteiger partial charge in [0.15, 0.2) is 0 Å². The number of para-hydroxylation sites is 1. The highest BCUT2D eigenvalue weighted by Crippen LogP contribution is 2.42. The summed E-state index contributed by atoms with van der Waals surface area (Å²) in [6, 6.07) is 16.6. The molecule has 0 aromatic heterocycles. The van der Waals surface area contributed by atoms with Crippen molar-refractivity contribution in [1.29, 1.82) is 0 Å². The lowest BCUT2D eigenvalue weighted by atomic mass is 9.94. The van der Waals surface area contributed by atoms with E-state index in [1.54, 1.807) is 0 Å². The van der Waals surface area contributed by atoms with E-state index in [2.05, 4.69) is 63.9 Å². The topological polar surface area (TPSA) is 23.6 Å². The summed E-state index contributed by atoms with van der Waals surface area (Å²) in [4.78, 5) is 16.9. The summed E-state index contributed by atoms with van der Waals surface area (Å²) in [6.07, 6.45) is 9.85. The van der Waals surface area contributed by atoms with Crippen LogP contribution in [0.1, 0.15) is 32.6 Å². The Morgan fingerprint density at radius 1 is 1.13 bits per heavy atom. The molecule has 1 saturated heterocycles. The third-order valence-corrected chi connectivity index (χ3v) is 7.53. The predicted molar refractivity (Wildman–Crippen MR) is 133 cm³/mol. The largest absolute Gasteiger partial charge is 0.343 e. The van der Waals surface area contributed by atoms with Gasteiger partial charge in [0.2, 0.25) is 5.91 Å². The van der Waals surface area contributed by atoms with Gasteiger partial charge in [-0.15, -0.1) is 11.8 Å². The van der Waals surface area contributed by atoms with Gasteiger partial charge < -0.3 is 9.80 Å². The summed E-state index contributed by atoms with van der Waals surface area (Å²) in [5.41, 5.74) is 3.61. The van der Waals surface area contributed by atoms with Crippen molar-refractivity contribution in [3.8, 4) is 11.1 Å². The number of carbonyl (C=O) groups is 1. The number of allylic oxidation sites excluding steroid dienone is 2. The van der Waals surface area contributed by atoms with Crippen LogP contribution in [0.15, 0.2) is 72.3 Å². The van der Waals surface area contributed by atoms with Crippen LogP contribution in [0, 0.1) is 5.92 Å². The Bertz CT molecular complexity index is 948. The highest BCUT2D eigenvalue weighted by Gasteiger charge is 2.34. The van der Waals surface area contributed by atoms with Crippen molar-refractivity contribution in [2.24, 2.45) is 5.92 Å². The Hall–Kier alpha value is -2.17. The second kappa shape index (κ2) is 10.4. The number of benzene rings is 2. The molecule has 0 bridgehead atoms. The fraction of sp³-hybridized carbons (Fsp3) is 0.346. The molecule has 0 saturated carbocycles. The number of carbonyl (C=O) groups excluding carboxylic acids is 1. The number of hydrogen-bond donors (Lipinski definition) is 0. The lowest BCUT2D eigenvalue weighted by molar-refractivity contribution is -0.132. The maximum atomic E-state index is 12.5. The zero-order valence-corrected chi connectivity index (χ0v) is 19.5.